The van der Waals surface area contributed by atoms with E-state index in [0.717, 1.165) is 53.9 Å². The molecule has 43 heavy (non-hydrogen) atoms. The lowest BCUT2D eigenvalue weighted by Gasteiger charge is -2.38. The van der Waals surface area contributed by atoms with Crippen molar-refractivity contribution in [1.82, 2.24) is 9.88 Å². The van der Waals surface area contributed by atoms with Gasteiger partial charge in [0.15, 0.2) is 0 Å². The summed E-state index contributed by atoms with van der Waals surface area (Å²) in [5, 5.41) is 0. The lowest BCUT2D eigenvalue weighted by atomic mass is 10.0. The zero-order valence-electron chi connectivity index (χ0n) is 25.5. The zero-order valence-corrected chi connectivity index (χ0v) is 25.5. The summed E-state index contributed by atoms with van der Waals surface area (Å²) < 4.78 is 17.8. The van der Waals surface area contributed by atoms with Crippen LogP contribution in [0.15, 0.2) is 97.1 Å². The summed E-state index contributed by atoms with van der Waals surface area (Å²) in [6.07, 6.45) is 1.53. The molecule has 0 aliphatic carbocycles. The fourth-order valence-electron chi connectivity index (χ4n) is 5.14. The molecule has 1 saturated heterocycles. The minimum atomic E-state index is -0.495. The van der Waals surface area contributed by atoms with E-state index in [0.29, 0.717) is 25.0 Å². The highest BCUT2D eigenvalue weighted by Gasteiger charge is 2.28. The molecule has 1 amide bonds. The average molecular weight is 580 g/mol. The van der Waals surface area contributed by atoms with E-state index < -0.39 is 5.60 Å². The van der Waals surface area contributed by atoms with Crippen molar-refractivity contribution < 1.29 is 19.0 Å². The lowest BCUT2D eigenvalue weighted by molar-refractivity contribution is 0.0201. The van der Waals surface area contributed by atoms with Crippen LogP contribution < -0.4 is 14.4 Å². The molecule has 7 nitrogen and oxygen atoms in total. The molecule has 0 bridgehead atoms. The smallest absolute Gasteiger partial charge is 0.410 e. The van der Waals surface area contributed by atoms with E-state index in [4.69, 9.17) is 19.2 Å². The van der Waals surface area contributed by atoms with E-state index in [1.54, 1.807) is 4.90 Å². The summed E-state index contributed by atoms with van der Waals surface area (Å²) in [6, 6.07) is 32.7. The first-order valence-corrected chi connectivity index (χ1v) is 14.9. The zero-order chi connectivity index (χ0) is 30.2. The maximum atomic E-state index is 12.5. The Balaban J connectivity index is 1.27. The molecule has 3 aromatic carbocycles. The third kappa shape index (κ3) is 8.28. The first kappa shape index (κ1) is 30.0. The molecule has 0 N–H and O–H groups in total. The number of rotatable bonds is 9. The van der Waals surface area contributed by atoms with Gasteiger partial charge in [0.2, 0.25) is 11.8 Å². The van der Waals surface area contributed by atoms with Crippen molar-refractivity contribution in [2.24, 2.45) is 0 Å². The van der Waals surface area contributed by atoms with Crippen LogP contribution in [0, 0.1) is 0 Å². The number of aromatic nitrogens is 1. The number of benzene rings is 3. The van der Waals surface area contributed by atoms with Gasteiger partial charge in [-0.15, -0.1) is 0 Å². The molecule has 0 saturated carbocycles. The maximum Gasteiger partial charge on any atom is 0.410 e. The highest BCUT2D eigenvalue weighted by atomic mass is 16.6. The number of ether oxygens (including phenoxy) is 3. The SMILES string of the molecule is CN(C(=O)OC(C)(C)C)C1CCN(c2ccc(-c3ccc(OCc4ccccc4)nc3OCc3ccccc3)cc2)CC1. The molecule has 224 valence electrons. The highest BCUT2D eigenvalue weighted by molar-refractivity contribution is 5.71. The molecule has 0 spiro atoms. The Hall–Kier alpha value is -4.52. The molecule has 1 aliphatic rings. The van der Waals surface area contributed by atoms with Crippen LogP contribution >= 0.6 is 0 Å². The minimum Gasteiger partial charge on any atom is -0.473 e. The van der Waals surface area contributed by atoms with E-state index in [-0.39, 0.29) is 12.1 Å². The number of nitrogens with zero attached hydrogens (tertiary/aromatic N) is 3. The van der Waals surface area contributed by atoms with Crippen molar-refractivity contribution in [1.29, 1.82) is 0 Å². The molecule has 1 aliphatic heterocycles. The molecule has 4 aromatic rings. The predicted molar refractivity (Wildman–Crippen MR) is 170 cm³/mol. The monoisotopic (exact) mass is 579 g/mol. The van der Waals surface area contributed by atoms with Crippen LogP contribution in [0.2, 0.25) is 0 Å². The summed E-state index contributed by atoms with van der Waals surface area (Å²) in [5.41, 5.74) is 4.74. The number of anilines is 1. The summed E-state index contributed by atoms with van der Waals surface area (Å²) in [7, 11) is 1.84. The molecule has 0 radical (unpaired) electrons. The minimum absolute atomic E-state index is 0.170. The Morgan fingerprint density at radius 2 is 1.40 bits per heavy atom. The van der Waals surface area contributed by atoms with Crippen molar-refractivity contribution in [3.63, 3.8) is 0 Å². The Bertz CT molecular complexity index is 1460. The van der Waals surface area contributed by atoms with Crippen LogP contribution in [-0.4, -0.2) is 47.8 Å². The van der Waals surface area contributed by atoms with Gasteiger partial charge in [-0.25, -0.2) is 4.79 Å². The van der Waals surface area contributed by atoms with Gasteiger partial charge < -0.3 is 24.0 Å². The first-order valence-electron chi connectivity index (χ1n) is 14.9. The van der Waals surface area contributed by atoms with Crippen molar-refractivity contribution in [2.75, 3.05) is 25.0 Å². The van der Waals surface area contributed by atoms with E-state index in [2.05, 4.69) is 29.2 Å². The molecule has 1 fully saturated rings. The van der Waals surface area contributed by atoms with Crippen molar-refractivity contribution in [3.8, 4) is 22.9 Å². The third-order valence-corrected chi connectivity index (χ3v) is 7.52. The quantitative estimate of drug-likeness (QED) is 0.202. The predicted octanol–water partition coefficient (Wildman–Crippen LogP) is 7.74. The molecule has 1 aromatic heterocycles. The van der Waals surface area contributed by atoms with Crippen molar-refractivity contribution in [2.45, 2.75) is 58.5 Å². The van der Waals surface area contributed by atoms with Gasteiger partial charge in [0.05, 0.1) is 0 Å². The second kappa shape index (κ2) is 13.6. The van der Waals surface area contributed by atoms with Crippen LogP contribution in [0.5, 0.6) is 11.8 Å². The van der Waals surface area contributed by atoms with E-state index >= 15 is 0 Å². The van der Waals surface area contributed by atoms with E-state index in [1.807, 2.05) is 101 Å². The molecule has 2 heterocycles. The largest absolute Gasteiger partial charge is 0.473 e. The topological polar surface area (TPSA) is 64.1 Å². The fourth-order valence-corrected chi connectivity index (χ4v) is 5.14. The molecule has 0 atom stereocenters. The summed E-state index contributed by atoms with van der Waals surface area (Å²) in [4.78, 5) is 21.4. The van der Waals surface area contributed by atoms with E-state index in [9.17, 15) is 4.79 Å². The average Bonchev–Trinajstić information content (AvgIpc) is 3.03. The van der Waals surface area contributed by atoms with Gasteiger partial charge >= 0.3 is 6.09 Å². The van der Waals surface area contributed by atoms with Crippen LogP contribution in [0.4, 0.5) is 10.5 Å². The summed E-state index contributed by atoms with van der Waals surface area (Å²) in [5.74, 6) is 1.06. The van der Waals surface area contributed by atoms with Gasteiger partial charge in [0.25, 0.3) is 0 Å². The lowest BCUT2D eigenvalue weighted by Crippen LogP contribution is -2.47. The third-order valence-electron chi connectivity index (χ3n) is 7.52. The number of amides is 1. The first-order chi connectivity index (χ1) is 20.7. The number of hydrogen-bond acceptors (Lipinski definition) is 6. The van der Waals surface area contributed by atoms with Crippen LogP contribution in [0.1, 0.15) is 44.7 Å². The number of carbonyl (C=O) groups excluding carboxylic acids is 1. The van der Waals surface area contributed by atoms with Gasteiger partial charge in [0.1, 0.15) is 18.8 Å². The number of hydrogen-bond donors (Lipinski definition) is 0. The summed E-state index contributed by atoms with van der Waals surface area (Å²) >= 11 is 0. The van der Waals surface area contributed by atoms with Crippen molar-refractivity contribution >= 4 is 11.8 Å². The second-order valence-corrected chi connectivity index (χ2v) is 11.9. The Morgan fingerprint density at radius 3 is 1.98 bits per heavy atom. The van der Waals surface area contributed by atoms with Crippen LogP contribution in [0.3, 0.4) is 0 Å². The van der Waals surface area contributed by atoms with Gasteiger partial charge in [0, 0.05) is 43.5 Å². The van der Waals surface area contributed by atoms with Crippen molar-refractivity contribution in [3.05, 3.63) is 108 Å². The van der Waals surface area contributed by atoms with Gasteiger partial charge in [-0.1, -0.05) is 72.8 Å². The Kier molecular flexibility index (Phi) is 9.50. The molecule has 7 heteroatoms. The molecule has 0 unspecified atom stereocenters. The maximum absolute atomic E-state index is 12.5. The van der Waals surface area contributed by atoms with Gasteiger partial charge in [-0.3, -0.25) is 0 Å². The number of carbonyl (C=O) groups is 1. The number of piperidine rings is 1. The Labute approximate surface area is 255 Å². The molecular weight excluding hydrogens is 538 g/mol. The standard InChI is InChI=1S/C36H41N3O4/c1-36(2,3)43-35(40)38(4)30-21-23-39(24-22-30)31-17-15-29(16-18-31)32-19-20-33(41-25-27-11-7-5-8-12-27)37-34(32)42-26-28-13-9-6-10-14-28/h5-20,30H,21-26H2,1-4H3. The van der Waals surface area contributed by atoms with Crippen LogP contribution in [0.25, 0.3) is 11.1 Å². The van der Waals surface area contributed by atoms with Crippen LogP contribution in [-0.2, 0) is 18.0 Å². The van der Waals surface area contributed by atoms with Gasteiger partial charge in [-0.2, -0.15) is 4.98 Å². The summed E-state index contributed by atoms with van der Waals surface area (Å²) in [6.45, 7) is 8.28. The molecule has 5 rings (SSSR count). The molecular formula is C36H41N3O4. The highest BCUT2D eigenvalue weighted by Crippen LogP contribution is 2.33. The van der Waals surface area contributed by atoms with E-state index in [1.165, 1.54) is 0 Å². The Morgan fingerprint density at radius 1 is 0.814 bits per heavy atom. The second-order valence-electron chi connectivity index (χ2n) is 11.9. The number of pyridine rings is 1. The van der Waals surface area contributed by atoms with Gasteiger partial charge in [-0.05, 0) is 68.5 Å². The fraction of sp³-hybridized carbons (Fsp3) is 0.333. The normalized spacial score (nSPS) is 13.8.